The Hall–Kier alpha value is -3.72. The van der Waals surface area contributed by atoms with Crippen LogP contribution in [0.3, 0.4) is 0 Å². The molecular formula is C27H17ClFN3O2S2. The summed E-state index contributed by atoms with van der Waals surface area (Å²) in [5.41, 5.74) is 5.44. The number of halogens is 2. The molecule has 6 rings (SSSR count). The van der Waals surface area contributed by atoms with E-state index in [0.29, 0.717) is 15.7 Å². The van der Waals surface area contributed by atoms with Gasteiger partial charge in [0, 0.05) is 39.3 Å². The van der Waals surface area contributed by atoms with Crippen molar-refractivity contribution in [2.24, 2.45) is 0 Å². The standard InChI is InChI=1S/C27H17ClFN3O2S2/c28-23-12-13-24(35-23)36(33,34)32-19-10-11-22-20(14-19)26-25(17-4-2-1-3-5-17)21(15-30-27(26)31-22)16-6-8-18(29)9-7-16/h1-15,32H,(H,30,31). The molecule has 0 radical (unpaired) electrons. The van der Waals surface area contributed by atoms with Gasteiger partial charge >= 0.3 is 0 Å². The second-order valence-electron chi connectivity index (χ2n) is 8.19. The van der Waals surface area contributed by atoms with Crippen molar-refractivity contribution < 1.29 is 12.8 Å². The van der Waals surface area contributed by atoms with Gasteiger partial charge in [-0.15, -0.1) is 11.3 Å². The van der Waals surface area contributed by atoms with Gasteiger partial charge in [0.05, 0.1) is 4.34 Å². The molecule has 0 aliphatic heterocycles. The molecule has 0 atom stereocenters. The number of pyridine rings is 1. The van der Waals surface area contributed by atoms with Gasteiger partial charge in [0.1, 0.15) is 15.7 Å². The number of benzene rings is 3. The van der Waals surface area contributed by atoms with Crippen molar-refractivity contribution in [2.45, 2.75) is 4.21 Å². The summed E-state index contributed by atoms with van der Waals surface area (Å²) in [6.45, 7) is 0. The Bertz CT molecular complexity index is 1850. The monoisotopic (exact) mass is 533 g/mol. The first-order valence-electron chi connectivity index (χ1n) is 10.9. The number of hydrogen-bond donors (Lipinski definition) is 2. The highest BCUT2D eigenvalue weighted by atomic mass is 35.5. The van der Waals surface area contributed by atoms with Crippen LogP contribution < -0.4 is 4.72 Å². The van der Waals surface area contributed by atoms with E-state index in [0.717, 1.165) is 49.9 Å². The van der Waals surface area contributed by atoms with E-state index in [1.165, 1.54) is 18.2 Å². The van der Waals surface area contributed by atoms with Gasteiger partial charge in [-0.05, 0) is 53.6 Å². The topological polar surface area (TPSA) is 74.8 Å². The van der Waals surface area contributed by atoms with E-state index in [1.807, 2.05) is 36.4 Å². The van der Waals surface area contributed by atoms with Crippen LogP contribution in [0.1, 0.15) is 0 Å². The zero-order chi connectivity index (χ0) is 24.9. The SMILES string of the molecule is O=S(=O)(Nc1ccc2[nH]c3ncc(-c4ccc(F)cc4)c(-c4ccccc4)c3c2c1)c1ccc(Cl)s1. The Morgan fingerprint density at radius 2 is 1.69 bits per heavy atom. The normalized spacial score (nSPS) is 11.8. The lowest BCUT2D eigenvalue weighted by molar-refractivity contribution is 0.603. The Labute approximate surface area is 215 Å². The van der Waals surface area contributed by atoms with E-state index < -0.39 is 10.0 Å². The summed E-state index contributed by atoms with van der Waals surface area (Å²) in [5, 5.41) is 1.66. The first kappa shape index (κ1) is 22.7. The molecule has 2 N–H and O–H groups in total. The molecule has 5 nitrogen and oxygen atoms in total. The summed E-state index contributed by atoms with van der Waals surface area (Å²) >= 11 is 6.94. The van der Waals surface area contributed by atoms with E-state index >= 15 is 0 Å². The Morgan fingerprint density at radius 1 is 0.917 bits per heavy atom. The molecule has 178 valence electrons. The lowest BCUT2D eigenvalue weighted by Crippen LogP contribution is -2.11. The van der Waals surface area contributed by atoms with E-state index in [-0.39, 0.29) is 10.0 Å². The number of sulfonamides is 1. The molecule has 0 aliphatic rings. The molecule has 0 unspecified atom stereocenters. The van der Waals surface area contributed by atoms with Crippen LogP contribution in [-0.4, -0.2) is 18.4 Å². The molecule has 6 aromatic rings. The molecule has 3 aromatic heterocycles. The molecule has 0 amide bonds. The van der Waals surface area contributed by atoms with E-state index in [9.17, 15) is 12.8 Å². The molecule has 36 heavy (non-hydrogen) atoms. The van der Waals surface area contributed by atoms with Gasteiger partial charge in [0.15, 0.2) is 0 Å². The molecule has 3 heterocycles. The van der Waals surface area contributed by atoms with Crippen molar-refractivity contribution in [3.8, 4) is 22.3 Å². The predicted molar refractivity (Wildman–Crippen MR) is 145 cm³/mol. The number of nitrogens with zero attached hydrogens (tertiary/aromatic N) is 1. The van der Waals surface area contributed by atoms with E-state index in [4.69, 9.17) is 11.6 Å². The highest BCUT2D eigenvalue weighted by Gasteiger charge is 2.20. The summed E-state index contributed by atoms with van der Waals surface area (Å²) in [4.78, 5) is 7.99. The smallest absolute Gasteiger partial charge is 0.271 e. The average molecular weight is 534 g/mol. The van der Waals surface area contributed by atoms with Crippen LogP contribution >= 0.6 is 22.9 Å². The van der Waals surface area contributed by atoms with Crippen molar-refractivity contribution in [2.75, 3.05) is 4.72 Å². The zero-order valence-electron chi connectivity index (χ0n) is 18.5. The molecule has 0 saturated carbocycles. The Kier molecular flexibility index (Phi) is 5.52. The highest BCUT2D eigenvalue weighted by Crippen LogP contribution is 2.41. The van der Waals surface area contributed by atoms with Gasteiger partial charge in [-0.3, -0.25) is 4.72 Å². The Balaban J connectivity index is 1.58. The number of H-pyrrole nitrogens is 1. The summed E-state index contributed by atoms with van der Waals surface area (Å²) in [7, 11) is -3.79. The minimum atomic E-state index is -3.79. The second-order valence-corrected chi connectivity index (χ2v) is 11.8. The fourth-order valence-corrected chi connectivity index (χ4v) is 6.85. The molecule has 0 bridgehead atoms. The third-order valence-electron chi connectivity index (χ3n) is 5.90. The average Bonchev–Trinajstić information content (AvgIpc) is 3.48. The van der Waals surface area contributed by atoms with Crippen LogP contribution in [0.4, 0.5) is 10.1 Å². The number of thiophene rings is 1. The lowest BCUT2D eigenvalue weighted by Gasteiger charge is -2.12. The Morgan fingerprint density at radius 3 is 2.42 bits per heavy atom. The minimum absolute atomic E-state index is 0.136. The summed E-state index contributed by atoms with van der Waals surface area (Å²) in [6, 6.07) is 24.5. The minimum Gasteiger partial charge on any atom is -0.339 e. The van der Waals surface area contributed by atoms with Crippen LogP contribution in [0.25, 0.3) is 44.2 Å². The molecule has 9 heteroatoms. The fourth-order valence-electron chi connectivity index (χ4n) is 4.32. The second kappa shape index (κ2) is 8.74. The van der Waals surface area contributed by atoms with E-state index in [1.54, 1.807) is 36.5 Å². The van der Waals surface area contributed by atoms with Crippen molar-refractivity contribution in [1.82, 2.24) is 9.97 Å². The molecule has 0 saturated heterocycles. The van der Waals surface area contributed by atoms with Gasteiger partial charge in [0.25, 0.3) is 10.0 Å². The third kappa shape index (κ3) is 4.03. The number of hydrogen-bond acceptors (Lipinski definition) is 4. The first-order valence-corrected chi connectivity index (χ1v) is 13.6. The maximum atomic E-state index is 13.7. The number of nitrogens with one attached hydrogen (secondary N) is 2. The van der Waals surface area contributed by atoms with Crippen LogP contribution in [0.15, 0.2) is 95.3 Å². The maximum Gasteiger partial charge on any atom is 0.271 e. The summed E-state index contributed by atoms with van der Waals surface area (Å²) in [5.74, 6) is -0.315. The summed E-state index contributed by atoms with van der Waals surface area (Å²) in [6.07, 6.45) is 1.78. The molecule has 0 spiro atoms. The number of aromatic amines is 1. The quantitative estimate of drug-likeness (QED) is 0.238. The first-order chi connectivity index (χ1) is 17.4. The van der Waals surface area contributed by atoms with Crippen LogP contribution in [0, 0.1) is 5.82 Å². The third-order valence-corrected chi connectivity index (χ3v) is 9.01. The van der Waals surface area contributed by atoms with E-state index in [2.05, 4.69) is 14.7 Å². The highest BCUT2D eigenvalue weighted by molar-refractivity contribution is 7.94. The van der Waals surface area contributed by atoms with Gasteiger partial charge in [-0.2, -0.15) is 0 Å². The molecular weight excluding hydrogens is 517 g/mol. The van der Waals surface area contributed by atoms with Gasteiger partial charge in [-0.25, -0.2) is 17.8 Å². The van der Waals surface area contributed by atoms with Crippen molar-refractivity contribution in [1.29, 1.82) is 0 Å². The van der Waals surface area contributed by atoms with Crippen LogP contribution in [0.2, 0.25) is 4.34 Å². The van der Waals surface area contributed by atoms with Crippen molar-refractivity contribution in [3.05, 3.63) is 101 Å². The number of rotatable bonds is 5. The molecule has 0 fully saturated rings. The fraction of sp³-hybridized carbons (Fsp3) is 0. The van der Waals surface area contributed by atoms with Crippen molar-refractivity contribution in [3.63, 3.8) is 0 Å². The number of fused-ring (bicyclic) bond motifs is 3. The summed E-state index contributed by atoms with van der Waals surface area (Å²) < 4.78 is 42.6. The largest absolute Gasteiger partial charge is 0.339 e. The molecule has 3 aromatic carbocycles. The van der Waals surface area contributed by atoms with Gasteiger partial charge in [-0.1, -0.05) is 54.1 Å². The molecule has 0 aliphatic carbocycles. The predicted octanol–water partition coefficient (Wildman–Crippen LogP) is 7.70. The lowest BCUT2D eigenvalue weighted by atomic mass is 9.93. The van der Waals surface area contributed by atoms with Crippen LogP contribution in [0.5, 0.6) is 0 Å². The van der Waals surface area contributed by atoms with Crippen LogP contribution in [-0.2, 0) is 10.0 Å². The van der Waals surface area contributed by atoms with Gasteiger partial charge < -0.3 is 4.98 Å². The van der Waals surface area contributed by atoms with Gasteiger partial charge in [0.2, 0.25) is 0 Å². The maximum absolute atomic E-state index is 13.7. The number of anilines is 1. The zero-order valence-corrected chi connectivity index (χ0v) is 20.9. The number of aromatic nitrogens is 2. The van der Waals surface area contributed by atoms with Crippen molar-refractivity contribution >= 4 is 60.6 Å².